The predicted molar refractivity (Wildman–Crippen MR) is 76.6 cm³/mol. The van der Waals surface area contributed by atoms with Crippen LogP contribution >= 0.6 is 11.3 Å². The number of benzene rings is 1. The van der Waals surface area contributed by atoms with E-state index in [1.165, 1.54) is 11.3 Å². The van der Waals surface area contributed by atoms with Gasteiger partial charge in [-0.25, -0.2) is 0 Å². The van der Waals surface area contributed by atoms with Crippen LogP contribution in [0.3, 0.4) is 0 Å². The molecule has 0 saturated carbocycles. The highest BCUT2D eigenvalue weighted by molar-refractivity contribution is 7.12. The van der Waals surface area contributed by atoms with Crippen molar-refractivity contribution in [2.45, 2.75) is 6.92 Å². The largest absolute Gasteiger partial charge is 0.493 e. The number of hydrogen-bond acceptors (Lipinski definition) is 4. The monoisotopic (exact) mass is 277 g/mol. The average molecular weight is 277 g/mol. The smallest absolute Gasteiger partial charge is 0.265 e. The molecule has 2 rings (SSSR count). The van der Waals surface area contributed by atoms with E-state index in [0.29, 0.717) is 22.1 Å². The highest BCUT2D eigenvalue weighted by Crippen LogP contribution is 2.30. The first kappa shape index (κ1) is 13.4. The minimum atomic E-state index is -0.120. The van der Waals surface area contributed by atoms with E-state index >= 15 is 0 Å². The maximum atomic E-state index is 12.0. The topological polar surface area (TPSA) is 47.6 Å². The molecular formula is C14H15NO3S. The van der Waals surface area contributed by atoms with Gasteiger partial charge in [0.1, 0.15) is 0 Å². The number of anilines is 1. The van der Waals surface area contributed by atoms with E-state index in [-0.39, 0.29) is 5.91 Å². The number of carbonyl (C=O) groups excluding carboxylic acids is 1. The molecular weight excluding hydrogens is 262 g/mol. The first-order valence-electron chi connectivity index (χ1n) is 5.72. The molecule has 0 saturated heterocycles. The Kier molecular flexibility index (Phi) is 4.06. The third kappa shape index (κ3) is 3.06. The van der Waals surface area contributed by atoms with Crippen LogP contribution in [0.5, 0.6) is 11.5 Å². The highest BCUT2D eigenvalue weighted by atomic mass is 32.1. The van der Waals surface area contributed by atoms with Gasteiger partial charge in [0, 0.05) is 11.8 Å². The summed E-state index contributed by atoms with van der Waals surface area (Å²) in [6, 6.07) is 7.13. The second-order valence-corrected chi connectivity index (χ2v) is 4.92. The Hall–Kier alpha value is -2.01. The van der Waals surface area contributed by atoms with Gasteiger partial charge in [-0.15, -0.1) is 11.3 Å². The quantitative estimate of drug-likeness (QED) is 0.932. The van der Waals surface area contributed by atoms with Gasteiger partial charge < -0.3 is 14.8 Å². The molecule has 0 atom stereocenters. The summed E-state index contributed by atoms with van der Waals surface area (Å²) >= 11 is 1.43. The summed E-state index contributed by atoms with van der Waals surface area (Å²) in [7, 11) is 3.14. The van der Waals surface area contributed by atoms with E-state index in [4.69, 9.17) is 9.47 Å². The Morgan fingerprint density at radius 3 is 2.47 bits per heavy atom. The summed E-state index contributed by atoms with van der Waals surface area (Å²) in [5, 5.41) is 4.78. The molecule has 0 aliphatic rings. The van der Waals surface area contributed by atoms with Crippen molar-refractivity contribution in [1.29, 1.82) is 0 Å². The fraction of sp³-hybridized carbons (Fsp3) is 0.214. The van der Waals surface area contributed by atoms with Gasteiger partial charge in [-0.3, -0.25) is 4.79 Å². The van der Waals surface area contributed by atoms with Gasteiger partial charge in [0.05, 0.1) is 19.1 Å². The molecule has 19 heavy (non-hydrogen) atoms. The Labute approximate surface area is 116 Å². The van der Waals surface area contributed by atoms with Crippen LogP contribution in [0.2, 0.25) is 0 Å². The van der Waals surface area contributed by atoms with Crippen molar-refractivity contribution in [3.63, 3.8) is 0 Å². The van der Waals surface area contributed by atoms with E-state index in [1.807, 2.05) is 18.4 Å². The third-order valence-electron chi connectivity index (χ3n) is 2.60. The lowest BCUT2D eigenvalue weighted by Crippen LogP contribution is -2.10. The van der Waals surface area contributed by atoms with Gasteiger partial charge in [-0.1, -0.05) is 0 Å². The van der Waals surface area contributed by atoms with Crippen LogP contribution < -0.4 is 14.8 Å². The van der Waals surface area contributed by atoms with E-state index in [9.17, 15) is 4.79 Å². The Bertz CT molecular complexity index is 592. The van der Waals surface area contributed by atoms with Crippen LogP contribution in [0, 0.1) is 6.92 Å². The summed E-state index contributed by atoms with van der Waals surface area (Å²) < 4.78 is 10.3. The number of amides is 1. The molecule has 0 fully saturated rings. The van der Waals surface area contributed by atoms with Crippen molar-refractivity contribution in [1.82, 2.24) is 0 Å². The predicted octanol–water partition coefficient (Wildman–Crippen LogP) is 3.33. The van der Waals surface area contributed by atoms with Crippen LogP contribution in [0.15, 0.2) is 29.6 Å². The number of rotatable bonds is 4. The molecule has 0 radical (unpaired) electrons. The normalized spacial score (nSPS) is 10.1. The Morgan fingerprint density at radius 1 is 1.16 bits per heavy atom. The Morgan fingerprint density at radius 2 is 1.89 bits per heavy atom. The number of methoxy groups -OCH3 is 2. The summed E-state index contributed by atoms with van der Waals surface area (Å²) in [6.07, 6.45) is 0. The van der Waals surface area contributed by atoms with Crippen LogP contribution in [-0.4, -0.2) is 20.1 Å². The summed E-state index contributed by atoms with van der Waals surface area (Å²) in [4.78, 5) is 12.7. The van der Waals surface area contributed by atoms with Crippen molar-refractivity contribution in [2.75, 3.05) is 19.5 Å². The van der Waals surface area contributed by atoms with Crippen LogP contribution in [0.25, 0.3) is 0 Å². The van der Waals surface area contributed by atoms with Crippen molar-refractivity contribution in [3.05, 3.63) is 40.1 Å². The van der Waals surface area contributed by atoms with Gasteiger partial charge in [0.2, 0.25) is 0 Å². The van der Waals surface area contributed by atoms with Crippen LogP contribution in [-0.2, 0) is 0 Å². The second-order valence-electron chi connectivity index (χ2n) is 4.01. The molecule has 0 aliphatic carbocycles. The third-order valence-corrected chi connectivity index (χ3v) is 3.64. The van der Waals surface area contributed by atoms with Crippen molar-refractivity contribution in [2.24, 2.45) is 0 Å². The maximum absolute atomic E-state index is 12.0. The molecule has 1 amide bonds. The zero-order valence-electron chi connectivity index (χ0n) is 11.0. The van der Waals surface area contributed by atoms with E-state index < -0.39 is 0 Å². The van der Waals surface area contributed by atoms with Crippen LogP contribution in [0.4, 0.5) is 5.69 Å². The fourth-order valence-corrected chi connectivity index (χ4v) is 2.45. The molecule has 2 aromatic rings. The number of ether oxygens (including phenoxy) is 2. The number of thiophene rings is 1. The van der Waals surface area contributed by atoms with E-state index in [2.05, 4.69) is 5.32 Å². The zero-order valence-corrected chi connectivity index (χ0v) is 11.8. The first-order chi connectivity index (χ1) is 9.13. The van der Waals surface area contributed by atoms with Crippen molar-refractivity contribution < 1.29 is 14.3 Å². The van der Waals surface area contributed by atoms with Gasteiger partial charge in [0.15, 0.2) is 11.5 Å². The molecule has 0 bridgehead atoms. The fourth-order valence-electron chi connectivity index (χ4n) is 1.66. The van der Waals surface area contributed by atoms with Gasteiger partial charge in [-0.2, -0.15) is 0 Å². The molecule has 0 unspecified atom stereocenters. The SMILES string of the molecule is COc1ccc(NC(=O)c2cc(C)cs2)cc1OC. The summed E-state index contributed by atoms with van der Waals surface area (Å²) in [5.74, 6) is 1.10. The minimum absolute atomic E-state index is 0.120. The lowest BCUT2D eigenvalue weighted by Gasteiger charge is -2.10. The van der Waals surface area contributed by atoms with Gasteiger partial charge in [-0.05, 0) is 36.1 Å². The summed E-state index contributed by atoms with van der Waals surface area (Å²) in [5.41, 5.74) is 1.76. The Balaban J connectivity index is 2.17. The lowest BCUT2D eigenvalue weighted by atomic mass is 10.2. The van der Waals surface area contributed by atoms with Crippen molar-refractivity contribution in [3.8, 4) is 11.5 Å². The van der Waals surface area contributed by atoms with Gasteiger partial charge >= 0.3 is 0 Å². The van der Waals surface area contributed by atoms with Crippen LogP contribution in [0.1, 0.15) is 15.2 Å². The van der Waals surface area contributed by atoms with Gasteiger partial charge in [0.25, 0.3) is 5.91 Å². The maximum Gasteiger partial charge on any atom is 0.265 e. The molecule has 4 nitrogen and oxygen atoms in total. The molecule has 5 heteroatoms. The van der Waals surface area contributed by atoms with E-state index in [1.54, 1.807) is 32.4 Å². The lowest BCUT2D eigenvalue weighted by molar-refractivity contribution is 0.103. The molecule has 1 aromatic carbocycles. The average Bonchev–Trinajstić information content (AvgIpc) is 2.85. The standard InChI is InChI=1S/C14H15NO3S/c1-9-6-13(19-8-9)14(16)15-10-4-5-11(17-2)12(7-10)18-3/h4-8H,1-3H3,(H,15,16). The molecule has 1 aromatic heterocycles. The van der Waals surface area contributed by atoms with E-state index in [0.717, 1.165) is 5.56 Å². The number of aryl methyl sites for hydroxylation is 1. The molecule has 1 N–H and O–H groups in total. The molecule has 0 aliphatic heterocycles. The minimum Gasteiger partial charge on any atom is -0.493 e. The second kappa shape index (κ2) is 5.75. The highest BCUT2D eigenvalue weighted by Gasteiger charge is 2.10. The number of hydrogen-bond donors (Lipinski definition) is 1. The zero-order chi connectivity index (χ0) is 13.8. The number of nitrogens with one attached hydrogen (secondary N) is 1. The molecule has 0 spiro atoms. The molecule has 1 heterocycles. The summed E-state index contributed by atoms with van der Waals surface area (Å²) in [6.45, 7) is 1.96. The number of carbonyl (C=O) groups is 1. The first-order valence-corrected chi connectivity index (χ1v) is 6.60. The molecule has 100 valence electrons. The van der Waals surface area contributed by atoms with Crippen molar-refractivity contribution >= 4 is 22.9 Å².